The summed E-state index contributed by atoms with van der Waals surface area (Å²) in [4.78, 5) is 4.45. The first-order valence-electron chi connectivity index (χ1n) is 7.13. The molecule has 110 valence electrons. The zero-order chi connectivity index (χ0) is 14.3. The summed E-state index contributed by atoms with van der Waals surface area (Å²) in [5.41, 5.74) is 0. The molecule has 0 bridgehead atoms. The molecule has 1 rings (SSSR count). The molecule has 19 heavy (non-hydrogen) atoms. The average Bonchev–Trinajstić information content (AvgIpc) is 2.82. The van der Waals surface area contributed by atoms with Gasteiger partial charge in [-0.25, -0.2) is 0 Å². The Labute approximate surface area is 116 Å². The van der Waals surface area contributed by atoms with Gasteiger partial charge in [0.25, 0.3) is 0 Å². The summed E-state index contributed by atoms with van der Waals surface area (Å²) in [6.45, 7) is 6.55. The van der Waals surface area contributed by atoms with Crippen LogP contribution in [0.3, 0.4) is 0 Å². The minimum absolute atomic E-state index is 0.0550. The minimum atomic E-state index is -0.0550. The molecule has 5 nitrogen and oxygen atoms in total. The lowest BCUT2D eigenvalue weighted by Crippen LogP contribution is -2.29. The van der Waals surface area contributed by atoms with E-state index in [4.69, 9.17) is 9.26 Å². The number of hydrogen-bond acceptors (Lipinski definition) is 5. The number of rotatable bonds is 9. The first-order chi connectivity index (χ1) is 9.10. The van der Waals surface area contributed by atoms with Crippen molar-refractivity contribution in [3.63, 3.8) is 0 Å². The number of hydrogen-bond donors (Lipinski definition) is 1. The lowest BCUT2D eigenvalue weighted by atomic mass is 10.0. The van der Waals surface area contributed by atoms with Gasteiger partial charge in [0.15, 0.2) is 0 Å². The van der Waals surface area contributed by atoms with Crippen LogP contribution in [0.2, 0.25) is 0 Å². The molecule has 0 amide bonds. The molecule has 0 spiro atoms. The highest BCUT2D eigenvalue weighted by Gasteiger charge is 2.19. The molecule has 1 heterocycles. The van der Waals surface area contributed by atoms with Crippen LogP contribution in [0.15, 0.2) is 4.52 Å². The van der Waals surface area contributed by atoms with Crippen molar-refractivity contribution in [2.75, 3.05) is 14.2 Å². The summed E-state index contributed by atoms with van der Waals surface area (Å²) in [6, 6.07) is 0.375. The van der Waals surface area contributed by atoms with Crippen molar-refractivity contribution in [3.05, 3.63) is 11.7 Å². The predicted octanol–water partition coefficient (Wildman–Crippen LogP) is 2.73. The number of methoxy groups -OCH3 is 1. The fraction of sp³-hybridized carbons (Fsp3) is 0.857. The average molecular weight is 269 g/mol. The van der Waals surface area contributed by atoms with Gasteiger partial charge in [-0.3, -0.25) is 0 Å². The SMILES string of the molecule is CCCC(OC)c1noc(CC(CC(C)C)NC)n1. The molecule has 0 aliphatic carbocycles. The second-order valence-electron chi connectivity index (χ2n) is 5.38. The molecule has 0 fully saturated rings. The number of nitrogens with one attached hydrogen (secondary N) is 1. The summed E-state index contributed by atoms with van der Waals surface area (Å²) < 4.78 is 10.7. The van der Waals surface area contributed by atoms with Gasteiger partial charge in [-0.2, -0.15) is 4.98 Å². The zero-order valence-electron chi connectivity index (χ0n) is 12.8. The largest absolute Gasteiger partial charge is 0.373 e. The van der Waals surface area contributed by atoms with E-state index in [0.717, 1.165) is 25.7 Å². The van der Waals surface area contributed by atoms with Crippen molar-refractivity contribution in [2.45, 2.75) is 58.6 Å². The summed E-state index contributed by atoms with van der Waals surface area (Å²) in [5, 5.41) is 7.33. The van der Waals surface area contributed by atoms with Crippen molar-refractivity contribution < 1.29 is 9.26 Å². The Morgan fingerprint density at radius 2 is 2.11 bits per heavy atom. The molecule has 5 heteroatoms. The molecule has 0 saturated heterocycles. The summed E-state index contributed by atoms with van der Waals surface area (Å²) in [6.07, 6.45) is 3.76. The van der Waals surface area contributed by atoms with Crippen LogP contribution in [0.1, 0.15) is 57.9 Å². The Morgan fingerprint density at radius 3 is 2.63 bits per heavy atom. The highest BCUT2D eigenvalue weighted by atomic mass is 16.5. The number of nitrogens with zero attached hydrogens (tertiary/aromatic N) is 2. The van der Waals surface area contributed by atoms with Crippen molar-refractivity contribution in [2.24, 2.45) is 5.92 Å². The van der Waals surface area contributed by atoms with Crippen LogP contribution in [0.25, 0.3) is 0 Å². The van der Waals surface area contributed by atoms with Gasteiger partial charge in [-0.1, -0.05) is 32.3 Å². The molecular formula is C14H27N3O2. The lowest BCUT2D eigenvalue weighted by molar-refractivity contribution is 0.0854. The van der Waals surface area contributed by atoms with E-state index in [-0.39, 0.29) is 6.10 Å². The molecule has 0 aliphatic rings. The summed E-state index contributed by atoms with van der Waals surface area (Å²) >= 11 is 0. The predicted molar refractivity (Wildman–Crippen MR) is 75.0 cm³/mol. The quantitative estimate of drug-likeness (QED) is 0.747. The zero-order valence-corrected chi connectivity index (χ0v) is 12.8. The van der Waals surface area contributed by atoms with Crippen LogP contribution in [0, 0.1) is 5.92 Å². The molecule has 1 aromatic heterocycles. The Balaban J connectivity index is 2.62. The standard InChI is InChI=1S/C14H27N3O2/c1-6-7-12(18-5)14-16-13(19-17-14)9-11(15-4)8-10(2)3/h10-12,15H,6-9H2,1-5H3. The molecule has 0 saturated carbocycles. The van der Waals surface area contributed by atoms with Gasteiger partial charge >= 0.3 is 0 Å². The van der Waals surface area contributed by atoms with Crippen LogP contribution in [0.4, 0.5) is 0 Å². The van der Waals surface area contributed by atoms with Gasteiger partial charge in [-0.05, 0) is 25.8 Å². The van der Waals surface area contributed by atoms with Crippen LogP contribution >= 0.6 is 0 Å². The summed E-state index contributed by atoms with van der Waals surface area (Å²) in [7, 11) is 3.66. The fourth-order valence-corrected chi connectivity index (χ4v) is 2.18. The highest BCUT2D eigenvalue weighted by molar-refractivity contribution is 4.93. The van der Waals surface area contributed by atoms with Crippen molar-refractivity contribution in [1.29, 1.82) is 0 Å². The lowest BCUT2D eigenvalue weighted by Gasteiger charge is -2.15. The third kappa shape index (κ3) is 5.28. The second kappa shape index (κ2) is 8.27. The van der Waals surface area contributed by atoms with Gasteiger partial charge in [0.05, 0.1) is 0 Å². The minimum Gasteiger partial charge on any atom is -0.373 e. The van der Waals surface area contributed by atoms with Gasteiger partial charge < -0.3 is 14.6 Å². The fourth-order valence-electron chi connectivity index (χ4n) is 2.18. The van der Waals surface area contributed by atoms with Gasteiger partial charge in [0.2, 0.25) is 11.7 Å². The molecule has 0 aromatic carbocycles. The van der Waals surface area contributed by atoms with E-state index in [1.807, 2.05) is 7.05 Å². The molecule has 1 aromatic rings. The van der Waals surface area contributed by atoms with Crippen LogP contribution in [0.5, 0.6) is 0 Å². The normalized spacial score (nSPS) is 14.8. The molecular weight excluding hydrogens is 242 g/mol. The monoisotopic (exact) mass is 269 g/mol. The summed E-state index contributed by atoms with van der Waals surface area (Å²) in [5.74, 6) is 2.00. The maximum absolute atomic E-state index is 5.39. The Morgan fingerprint density at radius 1 is 1.37 bits per heavy atom. The Bertz CT molecular complexity index is 352. The van der Waals surface area contributed by atoms with Gasteiger partial charge in [0, 0.05) is 19.6 Å². The Kier molecular flexibility index (Phi) is 7.02. The van der Waals surface area contributed by atoms with E-state index in [1.165, 1.54) is 0 Å². The molecule has 2 unspecified atom stereocenters. The second-order valence-corrected chi connectivity index (χ2v) is 5.38. The van der Waals surface area contributed by atoms with Crippen LogP contribution in [-0.2, 0) is 11.2 Å². The molecule has 0 aliphatic heterocycles. The van der Waals surface area contributed by atoms with Gasteiger partial charge in [-0.15, -0.1) is 0 Å². The molecule has 0 radical (unpaired) electrons. The van der Waals surface area contributed by atoms with Crippen molar-refractivity contribution in [1.82, 2.24) is 15.5 Å². The highest BCUT2D eigenvalue weighted by Crippen LogP contribution is 2.19. The van der Waals surface area contributed by atoms with Gasteiger partial charge in [0.1, 0.15) is 6.10 Å². The smallest absolute Gasteiger partial charge is 0.228 e. The first-order valence-corrected chi connectivity index (χ1v) is 7.13. The number of ether oxygens (including phenoxy) is 1. The maximum atomic E-state index is 5.39. The van der Waals surface area contributed by atoms with E-state index < -0.39 is 0 Å². The maximum Gasteiger partial charge on any atom is 0.228 e. The molecule has 1 N–H and O–H groups in total. The van der Waals surface area contributed by atoms with E-state index >= 15 is 0 Å². The third-order valence-corrected chi connectivity index (χ3v) is 3.19. The third-order valence-electron chi connectivity index (χ3n) is 3.19. The number of likely N-dealkylation sites (N-methyl/N-ethyl adjacent to an activating group) is 1. The van der Waals surface area contributed by atoms with E-state index in [9.17, 15) is 0 Å². The Hall–Kier alpha value is -0.940. The molecule has 2 atom stereocenters. The van der Waals surface area contributed by atoms with E-state index in [2.05, 4.69) is 36.2 Å². The number of aromatic nitrogens is 2. The van der Waals surface area contributed by atoms with Crippen LogP contribution in [-0.4, -0.2) is 30.3 Å². The van der Waals surface area contributed by atoms with Crippen molar-refractivity contribution in [3.8, 4) is 0 Å². The topological polar surface area (TPSA) is 60.2 Å². The first kappa shape index (κ1) is 16.1. The van der Waals surface area contributed by atoms with Crippen LogP contribution < -0.4 is 5.32 Å². The van der Waals surface area contributed by atoms with E-state index in [1.54, 1.807) is 7.11 Å². The van der Waals surface area contributed by atoms with Crippen molar-refractivity contribution >= 4 is 0 Å². The van der Waals surface area contributed by atoms with E-state index in [0.29, 0.717) is 23.7 Å².